The molecule has 0 spiro atoms. The second-order valence-corrected chi connectivity index (χ2v) is 8.46. The monoisotopic (exact) mass is 399 g/mol. The maximum Gasteiger partial charge on any atom is 0.405 e. The molecule has 0 saturated carbocycles. The average Bonchev–Trinajstić information content (AvgIpc) is 3.22. The van der Waals surface area contributed by atoms with E-state index in [0.29, 0.717) is 31.1 Å². The molecule has 0 bridgehead atoms. The first-order valence-electron chi connectivity index (χ1n) is 9.44. The summed E-state index contributed by atoms with van der Waals surface area (Å²) in [6.45, 7) is 8.88. The van der Waals surface area contributed by atoms with Crippen LogP contribution in [0.2, 0.25) is 0 Å². The van der Waals surface area contributed by atoms with Crippen LogP contribution >= 0.6 is 0 Å². The molecular formula is C19H25N7O3. The van der Waals surface area contributed by atoms with E-state index >= 15 is 0 Å². The minimum Gasteiger partial charge on any atom is -0.465 e. The molecule has 2 N–H and O–H groups in total. The Labute approximate surface area is 168 Å². The Hall–Kier alpha value is -3.35. The number of aromatic nitrogens is 3. The van der Waals surface area contributed by atoms with Crippen LogP contribution in [-0.4, -0.2) is 55.6 Å². The normalized spacial score (nSPS) is 16.8. The molecule has 2 aromatic heterocycles. The van der Waals surface area contributed by atoms with Crippen molar-refractivity contribution in [2.24, 2.45) is 11.3 Å². The second kappa shape index (κ2) is 7.58. The summed E-state index contributed by atoms with van der Waals surface area (Å²) in [5, 5.41) is 24.3. The third-order valence-electron chi connectivity index (χ3n) is 4.74. The molecule has 10 nitrogen and oxygen atoms in total. The van der Waals surface area contributed by atoms with Crippen LogP contribution in [0.1, 0.15) is 39.8 Å². The van der Waals surface area contributed by atoms with Gasteiger partial charge in [0.05, 0.1) is 0 Å². The smallest absolute Gasteiger partial charge is 0.405 e. The van der Waals surface area contributed by atoms with E-state index in [9.17, 15) is 20.0 Å². The van der Waals surface area contributed by atoms with Gasteiger partial charge in [0.2, 0.25) is 5.78 Å². The van der Waals surface area contributed by atoms with Crippen molar-refractivity contribution in [2.75, 3.05) is 18.1 Å². The number of hydrogen-bond acceptors (Lipinski definition) is 6. The molecule has 1 unspecified atom stereocenters. The van der Waals surface area contributed by atoms with Crippen molar-refractivity contribution in [3.8, 4) is 6.07 Å². The van der Waals surface area contributed by atoms with E-state index in [4.69, 9.17) is 0 Å². The largest absolute Gasteiger partial charge is 0.465 e. The molecule has 1 atom stereocenters. The minimum absolute atomic E-state index is 0.131. The lowest BCUT2D eigenvalue weighted by Gasteiger charge is -2.33. The highest BCUT2D eigenvalue weighted by Crippen LogP contribution is 2.33. The molecule has 3 heterocycles. The van der Waals surface area contributed by atoms with E-state index in [1.165, 1.54) is 0 Å². The van der Waals surface area contributed by atoms with Gasteiger partial charge in [-0.15, -0.1) is 0 Å². The zero-order valence-corrected chi connectivity index (χ0v) is 17.0. The van der Waals surface area contributed by atoms with Gasteiger partial charge in [-0.1, -0.05) is 27.7 Å². The number of nitrogens with one attached hydrogen (secondary N) is 1. The molecule has 2 amide bonds. The molecule has 1 saturated heterocycles. The first-order chi connectivity index (χ1) is 13.6. The summed E-state index contributed by atoms with van der Waals surface area (Å²) < 4.78 is 1.71. The molecular weight excluding hydrogens is 374 g/mol. The van der Waals surface area contributed by atoms with Gasteiger partial charge in [-0.05, 0) is 12.3 Å². The third kappa shape index (κ3) is 4.23. The van der Waals surface area contributed by atoms with E-state index in [1.54, 1.807) is 32.9 Å². The predicted molar refractivity (Wildman–Crippen MR) is 105 cm³/mol. The van der Waals surface area contributed by atoms with Crippen LogP contribution in [0.25, 0.3) is 5.78 Å². The van der Waals surface area contributed by atoms with Crippen molar-refractivity contribution in [3.05, 3.63) is 24.2 Å². The van der Waals surface area contributed by atoms with E-state index in [0.717, 1.165) is 0 Å². The molecule has 2 aromatic rings. The fourth-order valence-corrected chi connectivity index (χ4v) is 3.60. The fourth-order valence-electron chi connectivity index (χ4n) is 3.60. The van der Waals surface area contributed by atoms with Crippen molar-refractivity contribution in [2.45, 2.75) is 40.2 Å². The molecule has 0 aromatic carbocycles. The highest BCUT2D eigenvalue weighted by molar-refractivity contribution is 5.87. The summed E-state index contributed by atoms with van der Waals surface area (Å²) >= 11 is 0. The number of carbonyl (C=O) groups excluding carboxylic acids is 1. The Morgan fingerprint density at radius 2 is 2.10 bits per heavy atom. The number of rotatable bonds is 5. The third-order valence-corrected chi connectivity index (χ3v) is 4.74. The van der Waals surface area contributed by atoms with Crippen molar-refractivity contribution in [3.63, 3.8) is 0 Å². The zero-order chi connectivity index (χ0) is 21.3. The number of carbonyl (C=O) groups is 2. The summed E-state index contributed by atoms with van der Waals surface area (Å²) in [5.74, 6) is 0.752. The first-order valence-corrected chi connectivity index (χ1v) is 9.44. The SMILES string of the molecule is CC(C)CC(NC(=O)O)C(=O)N1CC(C)(C)CN1c1cc(C#N)nc2nccn12. The highest BCUT2D eigenvalue weighted by atomic mass is 16.4. The first kappa shape index (κ1) is 20.4. The molecule has 29 heavy (non-hydrogen) atoms. The lowest BCUT2D eigenvalue weighted by Crippen LogP contribution is -2.53. The molecule has 1 fully saturated rings. The number of hydrazine groups is 1. The minimum atomic E-state index is -1.23. The number of imidazole rings is 1. The second-order valence-electron chi connectivity index (χ2n) is 8.46. The van der Waals surface area contributed by atoms with Crippen molar-refractivity contribution in [1.29, 1.82) is 5.26 Å². The molecule has 0 aliphatic carbocycles. The van der Waals surface area contributed by atoms with Crippen molar-refractivity contribution >= 4 is 23.6 Å². The quantitative estimate of drug-likeness (QED) is 0.786. The number of anilines is 1. The number of nitrogens with zero attached hydrogens (tertiary/aromatic N) is 6. The summed E-state index contributed by atoms with van der Waals surface area (Å²) in [6.07, 6.45) is 2.44. The number of carboxylic acid groups (broad SMARTS) is 1. The Morgan fingerprint density at radius 3 is 2.72 bits per heavy atom. The van der Waals surface area contributed by atoms with Crippen LogP contribution in [-0.2, 0) is 4.79 Å². The Bertz CT molecular complexity index is 976. The van der Waals surface area contributed by atoms with Crippen LogP contribution < -0.4 is 10.3 Å². The topological polar surface area (TPSA) is 127 Å². The van der Waals surface area contributed by atoms with Gasteiger partial charge < -0.3 is 10.4 Å². The molecule has 1 aliphatic rings. The zero-order valence-electron chi connectivity index (χ0n) is 17.0. The molecule has 3 rings (SSSR count). The number of amides is 2. The Balaban J connectivity index is 2.04. The van der Waals surface area contributed by atoms with E-state index in [2.05, 4.69) is 15.3 Å². The maximum atomic E-state index is 13.4. The lowest BCUT2D eigenvalue weighted by atomic mass is 9.95. The van der Waals surface area contributed by atoms with Crippen molar-refractivity contribution < 1.29 is 14.7 Å². The number of hydrogen-bond donors (Lipinski definition) is 2. The van der Waals surface area contributed by atoms with Crippen LogP contribution in [0.3, 0.4) is 0 Å². The molecule has 1 aliphatic heterocycles. The average molecular weight is 399 g/mol. The van der Waals surface area contributed by atoms with Gasteiger partial charge in [-0.25, -0.2) is 14.8 Å². The summed E-state index contributed by atoms with van der Waals surface area (Å²) in [4.78, 5) is 33.0. The maximum absolute atomic E-state index is 13.4. The predicted octanol–water partition coefficient (Wildman–Crippen LogP) is 1.87. The van der Waals surface area contributed by atoms with E-state index < -0.39 is 12.1 Å². The molecule has 154 valence electrons. The van der Waals surface area contributed by atoms with Crippen LogP contribution in [0.4, 0.5) is 10.6 Å². The molecule has 0 radical (unpaired) electrons. The van der Waals surface area contributed by atoms with Crippen LogP contribution in [0.15, 0.2) is 18.5 Å². The van der Waals surface area contributed by atoms with Gasteiger partial charge in [-0.3, -0.25) is 19.2 Å². The van der Waals surface area contributed by atoms with Gasteiger partial charge >= 0.3 is 6.09 Å². The number of nitriles is 1. The van der Waals surface area contributed by atoms with Gasteiger partial charge in [-0.2, -0.15) is 5.26 Å². The molecule has 10 heteroatoms. The van der Waals surface area contributed by atoms with Gasteiger partial charge in [0.15, 0.2) is 0 Å². The number of fused-ring (bicyclic) bond motifs is 1. The Kier molecular flexibility index (Phi) is 5.33. The standard InChI is InChI=1S/C19H25N7O3/c1-12(2)7-14(23-18(28)29)16(27)26-11-19(3,4)10-25(26)15-8-13(9-20)22-17-21-5-6-24(15)17/h5-6,8,12,14,23H,7,10-11H2,1-4H3,(H,28,29). The van der Waals surface area contributed by atoms with E-state index in [-0.39, 0.29) is 22.9 Å². The van der Waals surface area contributed by atoms with Crippen LogP contribution in [0, 0.1) is 22.7 Å². The van der Waals surface area contributed by atoms with Crippen LogP contribution in [0.5, 0.6) is 0 Å². The van der Waals surface area contributed by atoms with E-state index in [1.807, 2.05) is 33.8 Å². The van der Waals surface area contributed by atoms with Crippen molar-refractivity contribution in [1.82, 2.24) is 24.7 Å². The lowest BCUT2D eigenvalue weighted by molar-refractivity contribution is -0.133. The summed E-state index contributed by atoms with van der Waals surface area (Å²) in [5.41, 5.74) is -0.0391. The summed E-state index contributed by atoms with van der Waals surface area (Å²) in [6, 6.07) is 2.78. The Morgan fingerprint density at radius 1 is 1.38 bits per heavy atom. The van der Waals surface area contributed by atoms with Gasteiger partial charge in [0.25, 0.3) is 5.91 Å². The highest BCUT2D eigenvalue weighted by Gasteiger charge is 2.42. The van der Waals surface area contributed by atoms with Gasteiger partial charge in [0, 0.05) is 37.0 Å². The summed E-state index contributed by atoms with van der Waals surface area (Å²) in [7, 11) is 0. The van der Waals surface area contributed by atoms with Gasteiger partial charge in [0.1, 0.15) is 23.6 Å². The fraction of sp³-hybridized carbons (Fsp3) is 0.526.